The number of nitrogens with zero attached hydrogens (tertiary/aromatic N) is 2. The molecule has 2 aromatic carbocycles. The van der Waals surface area contributed by atoms with Crippen molar-refractivity contribution in [2.75, 3.05) is 24.4 Å². The zero-order valence-electron chi connectivity index (χ0n) is 14.4. The first-order valence-corrected chi connectivity index (χ1v) is 9.02. The van der Waals surface area contributed by atoms with Crippen molar-refractivity contribution < 1.29 is 9.53 Å². The van der Waals surface area contributed by atoms with Gasteiger partial charge in [0, 0.05) is 30.8 Å². The highest BCUT2D eigenvalue weighted by atomic mass is 32.1. The predicted molar refractivity (Wildman–Crippen MR) is 103 cm³/mol. The Morgan fingerprint density at radius 2 is 1.81 bits per heavy atom. The number of rotatable bonds is 8. The highest BCUT2D eigenvalue weighted by Gasteiger charge is 2.22. The fourth-order valence-corrected chi connectivity index (χ4v) is 3.05. The van der Waals surface area contributed by atoms with Crippen LogP contribution in [0.15, 0.2) is 60.7 Å². The smallest absolute Gasteiger partial charge is 0.251 e. The Labute approximate surface area is 156 Å². The van der Waals surface area contributed by atoms with Gasteiger partial charge in [-0.2, -0.15) is 4.37 Å². The summed E-state index contributed by atoms with van der Waals surface area (Å²) in [7, 11) is 1.64. The Bertz CT molecular complexity index is 824. The fraction of sp³-hybridized carbons (Fsp3) is 0.211. The third-order valence-corrected chi connectivity index (χ3v) is 4.39. The summed E-state index contributed by atoms with van der Waals surface area (Å²) < 4.78 is 9.35. The second kappa shape index (κ2) is 9.07. The molecule has 1 amide bonds. The Kier molecular flexibility index (Phi) is 6.29. The predicted octanol–water partition coefficient (Wildman–Crippen LogP) is 3.52. The first kappa shape index (κ1) is 18.0. The molecule has 7 heteroatoms. The van der Waals surface area contributed by atoms with Gasteiger partial charge in [0.05, 0.1) is 6.61 Å². The number of methoxy groups -OCH3 is 1. The van der Waals surface area contributed by atoms with Gasteiger partial charge in [0.15, 0.2) is 0 Å². The third kappa shape index (κ3) is 4.87. The number of anilines is 2. The molecule has 0 aliphatic rings. The molecule has 0 bridgehead atoms. The van der Waals surface area contributed by atoms with Crippen molar-refractivity contribution >= 4 is 28.3 Å². The number of hydrogen-bond donors (Lipinski definition) is 2. The number of carbonyl (C=O) groups is 1. The topological polar surface area (TPSA) is 76.1 Å². The summed E-state index contributed by atoms with van der Waals surface area (Å²) in [6, 6.07) is 18.4. The molecule has 0 saturated carbocycles. The van der Waals surface area contributed by atoms with E-state index in [0.717, 1.165) is 11.3 Å². The summed E-state index contributed by atoms with van der Waals surface area (Å²) in [5.74, 6) is 0.547. The van der Waals surface area contributed by atoms with E-state index < -0.39 is 6.04 Å². The van der Waals surface area contributed by atoms with Crippen molar-refractivity contribution in [3.05, 3.63) is 72.1 Å². The average molecular weight is 368 g/mol. The minimum absolute atomic E-state index is 0.156. The molecule has 3 rings (SSSR count). The standard InChI is InChI=1S/C19H20N4O2S/c1-25-13-12-16-21-19(26-23-16)22-17(14-8-4-2-5-9-14)18(24)20-15-10-6-3-7-11-15/h2-11,17H,12-13H2,1H3,(H,20,24)(H,21,22,23). The van der Waals surface area contributed by atoms with Crippen LogP contribution in [-0.4, -0.2) is 29.0 Å². The van der Waals surface area contributed by atoms with Crippen molar-refractivity contribution in [1.82, 2.24) is 9.36 Å². The third-order valence-electron chi connectivity index (χ3n) is 3.70. The number of ether oxygens (including phenoxy) is 1. The van der Waals surface area contributed by atoms with Gasteiger partial charge in [0.25, 0.3) is 5.91 Å². The van der Waals surface area contributed by atoms with Gasteiger partial charge in [-0.3, -0.25) is 4.79 Å². The van der Waals surface area contributed by atoms with Gasteiger partial charge < -0.3 is 15.4 Å². The Morgan fingerprint density at radius 3 is 2.50 bits per heavy atom. The highest BCUT2D eigenvalue weighted by Crippen LogP contribution is 2.23. The monoisotopic (exact) mass is 368 g/mol. The summed E-state index contributed by atoms with van der Waals surface area (Å²) in [5, 5.41) is 6.75. The van der Waals surface area contributed by atoms with E-state index in [1.807, 2.05) is 60.7 Å². The van der Waals surface area contributed by atoms with Crippen molar-refractivity contribution in [3.8, 4) is 0 Å². The second-order valence-electron chi connectivity index (χ2n) is 5.60. The van der Waals surface area contributed by atoms with Crippen LogP contribution in [-0.2, 0) is 16.0 Å². The maximum absolute atomic E-state index is 12.9. The molecule has 0 fully saturated rings. The van der Waals surface area contributed by atoms with E-state index in [0.29, 0.717) is 24.0 Å². The molecule has 134 valence electrons. The van der Waals surface area contributed by atoms with Gasteiger partial charge in [-0.1, -0.05) is 48.5 Å². The van der Waals surface area contributed by atoms with Gasteiger partial charge in [0.1, 0.15) is 11.9 Å². The first-order valence-electron chi connectivity index (χ1n) is 8.25. The number of nitrogens with one attached hydrogen (secondary N) is 2. The number of carbonyl (C=O) groups excluding carboxylic acids is 1. The van der Waals surface area contributed by atoms with Crippen LogP contribution >= 0.6 is 11.5 Å². The van der Waals surface area contributed by atoms with Crippen LogP contribution in [0.3, 0.4) is 0 Å². The molecule has 1 atom stereocenters. The highest BCUT2D eigenvalue weighted by molar-refractivity contribution is 7.09. The molecule has 0 aliphatic carbocycles. The minimum Gasteiger partial charge on any atom is -0.384 e. The molecule has 6 nitrogen and oxygen atoms in total. The van der Waals surface area contributed by atoms with Crippen molar-refractivity contribution in [1.29, 1.82) is 0 Å². The molecule has 1 heterocycles. The summed E-state index contributed by atoms with van der Waals surface area (Å²) >= 11 is 1.24. The lowest BCUT2D eigenvalue weighted by molar-refractivity contribution is -0.117. The maximum Gasteiger partial charge on any atom is 0.251 e. The minimum atomic E-state index is -0.570. The van der Waals surface area contributed by atoms with E-state index >= 15 is 0 Å². The normalized spacial score (nSPS) is 11.7. The van der Waals surface area contributed by atoms with E-state index in [1.165, 1.54) is 11.5 Å². The summed E-state index contributed by atoms with van der Waals surface area (Å²) in [4.78, 5) is 17.3. The van der Waals surface area contributed by atoms with Gasteiger partial charge in [-0.05, 0) is 17.7 Å². The van der Waals surface area contributed by atoms with E-state index in [2.05, 4.69) is 20.0 Å². The van der Waals surface area contributed by atoms with Crippen LogP contribution in [0.25, 0.3) is 0 Å². The number of para-hydroxylation sites is 1. The molecule has 2 N–H and O–H groups in total. The number of amides is 1. The van der Waals surface area contributed by atoms with Crippen LogP contribution in [0.4, 0.5) is 10.8 Å². The Morgan fingerprint density at radius 1 is 1.12 bits per heavy atom. The second-order valence-corrected chi connectivity index (χ2v) is 6.35. The fourth-order valence-electron chi connectivity index (χ4n) is 2.41. The average Bonchev–Trinajstić information content (AvgIpc) is 3.13. The van der Waals surface area contributed by atoms with Crippen LogP contribution in [0.5, 0.6) is 0 Å². The van der Waals surface area contributed by atoms with Crippen LogP contribution in [0, 0.1) is 0 Å². The van der Waals surface area contributed by atoms with E-state index in [9.17, 15) is 4.79 Å². The van der Waals surface area contributed by atoms with Crippen LogP contribution < -0.4 is 10.6 Å². The molecular formula is C19H20N4O2S. The Hall–Kier alpha value is -2.77. The lowest BCUT2D eigenvalue weighted by Gasteiger charge is -2.18. The van der Waals surface area contributed by atoms with E-state index in [1.54, 1.807) is 7.11 Å². The summed E-state index contributed by atoms with van der Waals surface area (Å²) in [6.45, 7) is 0.562. The molecule has 3 aromatic rings. The molecular weight excluding hydrogens is 348 g/mol. The van der Waals surface area contributed by atoms with Crippen molar-refractivity contribution in [2.45, 2.75) is 12.5 Å². The van der Waals surface area contributed by atoms with Gasteiger partial charge in [-0.25, -0.2) is 4.98 Å². The van der Waals surface area contributed by atoms with E-state index in [4.69, 9.17) is 4.74 Å². The van der Waals surface area contributed by atoms with Crippen LogP contribution in [0.2, 0.25) is 0 Å². The zero-order valence-corrected chi connectivity index (χ0v) is 15.2. The maximum atomic E-state index is 12.9. The van der Waals surface area contributed by atoms with Gasteiger partial charge in [0.2, 0.25) is 5.13 Å². The zero-order chi connectivity index (χ0) is 18.2. The lowest BCUT2D eigenvalue weighted by atomic mass is 10.1. The van der Waals surface area contributed by atoms with Crippen molar-refractivity contribution in [3.63, 3.8) is 0 Å². The van der Waals surface area contributed by atoms with Gasteiger partial charge in [-0.15, -0.1) is 0 Å². The lowest BCUT2D eigenvalue weighted by Crippen LogP contribution is -2.27. The molecule has 0 saturated heterocycles. The molecule has 26 heavy (non-hydrogen) atoms. The van der Waals surface area contributed by atoms with Crippen LogP contribution in [0.1, 0.15) is 17.4 Å². The van der Waals surface area contributed by atoms with E-state index in [-0.39, 0.29) is 5.91 Å². The molecule has 0 spiro atoms. The molecule has 1 unspecified atom stereocenters. The Balaban J connectivity index is 1.77. The first-order chi connectivity index (χ1) is 12.8. The summed E-state index contributed by atoms with van der Waals surface area (Å²) in [6.07, 6.45) is 0.640. The van der Waals surface area contributed by atoms with Gasteiger partial charge >= 0.3 is 0 Å². The van der Waals surface area contributed by atoms with Crippen molar-refractivity contribution in [2.24, 2.45) is 0 Å². The number of hydrogen-bond acceptors (Lipinski definition) is 6. The number of benzene rings is 2. The molecule has 0 radical (unpaired) electrons. The largest absolute Gasteiger partial charge is 0.384 e. The molecule has 1 aromatic heterocycles. The summed E-state index contributed by atoms with van der Waals surface area (Å²) in [5.41, 5.74) is 1.60. The SMILES string of the molecule is COCCc1nsc(NC(C(=O)Nc2ccccc2)c2ccccc2)n1. The molecule has 0 aliphatic heterocycles. The quantitative estimate of drug-likeness (QED) is 0.636. The number of aromatic nitrogens is 2.